The molecule has 18 heavy (non-hydrogen) atoms. The highest BCUT2D eigenvalue weighted by Gasteiger charge is 2.18. The van der Waals surface area contributed by atoms with Gasteiger partial charge in [-0.05, 0) is 31.0 Å². The third-order valence-electron chi connectivity index (χ3n) is 2.68. The minimum Gasteiger partial charge on any atom is -0.496 e. The average molecular weight is 272 g/mol. The summed E-state index contributed by atoms with van der Waals surface area (Å²) in [5.74, 6) is 0.326. The number of nitrogens with one attached hydrogen (secondary N) is 1. The van der Waals surface area contributed by atoms with Gasteiger partial charge in [0.05, 0.1) is 19.3 Å². The predicted octanol–water partition coefficient (Wildman–Crippen LogP) is 2.34. The summed E-state index contributed by atoms with van der Waals surface area (Å²) in [6.07, 6.45) is 0. The lowest BCUT2D eigenvalue weighted by Crippen LogP contribution is -2.28. The molecule has 0 atom stereocenters. The van der Waals surface area contributed by atoms with Gasteiger partial charge < -0.3 is 14.8 Å². The zero-order chi connectivity index (χ0) is 13.7. The molecule has 0 saturated heterocycles. The molecule has 0 aromatic heterocycles. The van der Waals surface area contributed by atoms with E-state index in [0.29, 0.717) is 29.5 Å². The van der Waals surface area contributed by atoms with Crippen LogP contribution in [0.2, 0.25) is 5.02 Å². The normalized spacial score (nSPS) is 10.3. The molecule has 0 bridgehead atoms. The Kier molecular flexibility index (Phi) is 5.44. The molecule has 0 fully saturated rings. The monoisotopic (exact) mass is 271 g/mol. The standard InChI is InChI=1S/C13H18ClNO3/c1-8-7-10(18-4)11(9(2)12(8)14)13(16)15-5-6-17-3/h7H,5-6H2,1-4H3,(H,15,16). The largest absolute Gasteiger partial charge is 0.496 e. The molecule has 0 aliphatic heterocycles. The van der Waals surface area contributed by atoms with E-state index < -0.39 is 0 Å². The van der Waals surface area contributed by atoms with E-state index in [-0.39, 0.29) is 5.91 Å². The minimum atomic E-state index is -0.205. The number of hydrogen-bond donors (Lipinski definition) is 1. The average Bonchev–Trinajstić information content (AvgIpc) is 2.35. The van der Waals surface area contributed by atoms with Crippen molar-refractivity contribution >= 4 is 17.5 Å². The Morgan fingerprint density at radius 2 is 2.06 bits per heavy atom. The number of halogens is 1. The molecule has 0 spiro atoms. The van der Waals surface area contributed by atoms with Gasteiger partial charge >= 0.3 is 0 Å². The van der Waals surface area contributed by atoms with Crippen molar-refractivity contribution in [1.82, 2.24) is 5.32 Å². The molecule has 0 unspecified atom stereocenters. The van der Waals surface area contributed by atoms with E-state index in [2.05, 4.69) is 5.32 Å². The molecule has 1 aromatic rings. The Balaban J connectivity index is 3.06. The van der Waals surface area contributed by atoms with E-state index in [1.807, 2.05) is 13.8 Å². The van der Waals surface area contributed by atoms with Crippen LogP contribution in [0.5, 0.6) is 5.75 Å². The lowest BCUT2D eigenvalue weighted by Gasteiger charge is -2.14. The quantitative estimate of drug-likeness (QED) is 0.836. The van der Waals surface area contributed by atoms with E-state index in [9.17, 15) is 4.79 Å². The highest BCUT2D eigenvalue weighted by Crippen LogP contribution is 2.31. The van der Waals surface area contributed by atoms with Crippen LogP contribution in [0.25, 0.3) is 0 Å². The van der Waals surface area contributed by atoms with Crippen LogP contribution in [0.15, 0.2) is 6.07 Å². The number of carbonyl (C=O) groups is 1. The maximum absolute atomic E-state index is 12.1. The summed E-state index contributed by atoms with van der Waals surface area (Å²) < 4.78 is 10.1. The van der Waals surface area contributed by atoms with Crippen molar-refractivity contribution in [1.29, 1.82) is 0 Å². The Bertz CT molecular complexity index is 446. The molecule has 0 aliphatic carbocycles. The number of aryl methyl sites for hydroxylation is 1. The Morgan fingerprint density at radius 1 is 1.39 bits per heavy atom. The third kappa shape index (κ3) is 3.15. The van der Waals surface area contributed by atoms with Crippen molar-refractivity contribution in [3.05, 3.63) is 27.8 Å². The van der Waals surface area contributed by atoms with Gasteiger partial charge in [0.15, 0.2) is 0 Å². The first kappa shape index (κ1) is 14.8. The van der Waals surface area contributed by atoms with Gasteiger partial charge in [0.1, 0.15) is 5.75 Å². The second kappa shape index (κ2) is 6.61. The number of methoxy groups -OCH3 is 2. The van der Waals surface area contributed by atoms with Crippen molar-refractivity contribution in [2.24, 2.45) is 0 Å². The van der Waals surface area contributed by atoms with Crippen molar-refractivity contribution in [3.8, 4) is 5.75 Å². The summed E-state index contributed by atoms with van der Waals surface area (Å²) in [4.78, 5) is 12.1. The van der Waals surface area contributed by atoms with Gasteiger partial charge in [0.2, 0.25) is 0 Å². The molecule has 1 aromatic carbocycles. The summed E-state index contributed by atoms with van der Waals surface area (Å²) in [6.45, 7) is 4.60. The zero-order valence-corrected chi connectivity index (χ0v) is 11.9. The van der Waals surface area contributed by atoms with E-state index >= 15 is 0 Å². The highest BCUT2D eigenvalue weighted by atomic mass is 35.5. The maximum Gasteiger partial charge on any atom is 0.255 e. The lowest BCUT2D eigenvalue weighted by atomic mass is 10.0. The number of ether oxygens (including phenoxy) is 2. The molecule has 1 N–H and O–H groups in total. The SMILES string of the molecule is COCCNC(=O)c1c(OC)cc(C)c(Cl)c1C. The van der Waals surface area contributed by atoms with Gasteiger partial charge in [-0.25, -0.2) is 0 Å². The van der Waals surface area contributed by atoms with Gasteiger partial charge in [-0.1, -0.05) is 11.6 Å². The minimum absolute atomic E-state index is 0.205. The maximum atomic E-state index is 12.1. The smallest absolute Gasteiger partial charge is 0.255 e. The van der Waals surface area contributed by atoms with Gasteiger partial charge in [-0.15, -0.1) is 0 Å². The number of carbonyl (C=O) groups excluding carboxylic acids is 1. The summed E-state index contributed by atoms with van der Waals surface area (Å²) in [5.41, 5.74) is 2.09. The van der Waals surface area contributed by atoms with E-state index in [1.54, 1.807) is 13.2 Å². The molecular weight excluding hydrogens is 254 g/mol. The molecule has 0 saturated carbocycles. The van der Waals surface area contributed by atoms with Crippen LogP contribution in [-0.2, 0) is 4.74 Å². The van der Waals surface area contributed by atoms with Crippen LogP contribution >= 0.6 is 11.6 Å². The Morgan fingerprint density at radius 3 is 2.61 bits per heavy atom. The van der Waals surface area contributed by atoms with Crippen molar-refractivity contribution < 1.29 is 14.3 Å². The summed E-state index contributed by atoms with van der Waals surface area (Å²) in [6, 6.07) is 1.76. The second-order valence-electron chi connectivity index (χ2n) is 3.96. The lowest BCUT2D eigenvalue weighted by molar-refractivity contribution is 0.0933. The van der Waals surface area contributed by atoms with Crippen LogP contribution in [0, 0.1) is 13.8 Å². The second-order valence-corrected chi connectivity index (χ2v) is 4.34. The molecular formula is C13H18ClNO3. The fourth-order valence-corrected chi connectivity index (χ4v) is 1.87. The van der Waals surface area contributed by atoms with Crippen LogP contribution in [0.4, 0.5) is 0 Å². The first-order chi connectivity index (χ1) is 8.52. The Labute approximate surface area is 112 Å². The van der Waals surface area contributed by atoms with Gasteiger partial charge in [0, 0.05) is 18.7 Å². The highest BCUT2D eigenvalue weighted by molar-refractivity contribution is 6.32. The molecule has 0 heterocycles. The van der Waals surface area contributed by atoms with Gasteiger partial charge in [-0.3, -0.25) is 4.79 Å². The Hall–Kier alpha value is -1.26. The first-order valence-electron chi connectivity index (χ1n) is 5.63. The molecule has 1 amide bonds. The third-order valence-corrected chi connectivity index (χ3v) is 3.26. The van der Waals surface area contributed by atoms with Crippen molar-refractivity contribution in [2.75, 3.05) is 27.4 Å². The number of amides is 1. The van der Waals surface area contributed by atoms with Gasteiger partial charge in [-0.2, -0.15) is 0 Å². The van der Waals surface area contributed by atoms with Crippen LogP contribution in [-0.4, -0.2) is 33.3 Å². The zero-order valence-electron chi connectivity index (χ0n) is 11.1. The fourth-order valence-electron chi connectivity index (χ4n) is 1.72. The molecule has 5 heteroatoms. The van der Waals surface area contributed by atoms with Crippen LogP contribution < -0.4 is 10.1 Å². The topological polar surface area (TPSA) is 47.6 Å². The molecule has 1 rings (SSSR count). The number of rotatable bonds is 5. The molecule has 0 aliphatic rings. The van der Waals surface area contributed by atoms with E-state index in [1.165, 1.54) is 7.11 Å². The summed E-state index contributed by atoms with van der Waals surface area (Å²) >= 11 is 6.16. The number of benzene rings is 1. The summed E-state index contributed by atoms with van der Waals surface area (Å²) in [7, 11) is 3.12. The van der Waals surface area contributed by atoms with Crippen LogP contribution in [0.3, 0.4) is 0 Å². The van der Waals surface area contributed by atoms with E-state index in [0.717, 1.165) is 11.1 Å². The number of hydrogen-bond acceptors (Lipinski definition) is 3. The molecule has 0 radical (unpaired) electrons. The predicted molar refractivity (Wildman–Crippen MR) is 71.7 cm³/mol. The van der Waals surface area contributed by atoms with Crippen molar-refractivity contribution in [2.45, 2.75) is 13.8 Å². The van der Waals surface area contributed by atoms with E-state index in [4.69, 9.17) is 21.1 Å². The molecule has 100 valence electrons. The van der Waals surface area contributed by atoms with Crippen LogP contribution in [0.1, 0.15) is 21.5 Å². The van der Waals surface area contributed by atoms with Gasteiger partial charge in [0.25, 0.3) is 5.91 Å². The first-order valence-corrected chi connectivity index (χ1v) is 6.01. The molecule has 4 nitrogen and oxygen atoms in total. The van der Waals surface area contributed by atoms with Crippen molar-refractivity contribution in [3.63, 3.8) is 0 Å². The fraction of sp³-hybridized carbons (Fsp3) is 0.462. The summed E-state index contributed by atoms with van der Waals surface area (Å²) in [5, 5.41) is 3.35.